The van der Waals surface area contributed by atoms with Gasteiger partial charge in [0.2, 0.25) is 5.91 Å². The van der Waals surface area contributed by atoms with Crippen LogP contribution in [0.2, 0.25) is 5.02 Å². The van der Waals surface area contributed by atoms with E-state index in [0.717, 1.165) is 59.8 Å². The summed E-state index contributed by atoms with van der Waals surface area (Å²) in [5.74, 6) is -0.00712. The third kappa shape index (κ3) is 5.92. The van der Waals surface area contributed by atoms with Crippen LogP contribution in [0, 0.1) is 0 Å². The number of pyridine rings is 1. The van der Waals surface area contributed by atoms with Crippen LogP contribution in [0.4, 0.5) is 0 Å². The first-order chi connectivity index (χ1) is 15.2. The molecular formula is C24H26ClN3O2S. The van der Waals surface area contributed by atoms with Gasteiger partial charge in [-0.25, -0.2) is 0 Å². The number of rotatable bonds is 8. The number of hydrogen-bond donors (Lipinski definition) is 0. The monoisotopic (exact) mass is 455 g/mol. The summed E-state index contributed by atoms with van der Waals surface area (Å²) in [4.78, 5) is 22.4. The molecule has 2 aromatic heterocycles. The average molecular weight is 456 g/mol. The van der Waals surface area contributed by atoms with Crippen LogP contribution in [0.25, 0.3) is 16.2 Å². The molecule has 5 nitrogen and oxygen atoms in total. The topological polar surface area (TPSA) is 45.7 Å². The highest BCUT2D eigenvalue weighted by molar-refractivity contribution is 7.20. The van der Waals surface area contributed by atoms with Gasteiger partial charge >= 0.3 is 0 Å². The third-order valence-corrected chi connectivity index (χ3v) is 7.03. The molecule has 0 atom stereocenters. The summed E-state index contributed by atoms with van der Waals surface area (Å²) in [5.41, 5.74) is 1.07. The smallest absolute Gasteiger partial charge is 0.246 e. The van der Waals surface area contributed by atoms with E-state index in [4.69, 9.17) is 16.3 Å². The van der Waals surface area contributed by atoms with Crippen LogP contribution in [0.15, 0.2) is 54.9 Å². The molecule has 0 bridgehead atoms. The maximum Gasteiger partial charge on any atom is 0.246 e. The Labute approximate surface area is 191 Å². The quantitative estimate of drug-likeness (QED) is 0.461. The molecule has 1 aromatic carbocycles. The molecule has 3 aromatic rings. The summed E-state index contributed by atoms with van der Waals surface area (Å²) < 4.78 is 6.54. The van der Waals surface area contributed by atoms with E-state index in [1.807, 2.05) is 47.4 Å². The highest BCUT2D eigenvalue weighted by Gasteiger charge is 2.15. The normalized spacial score (nSPS) is 15.0. The first-order valence-corrected chi connectivity index (χ1v) is 11.7. The van der Waals surface area contributed by atoms with E-state index in [1.54, 1.807) is 29.8 Å². The Morgan fingerprint density at radius 3 is 2.74 bits per heavy atom. The molecule has 1 aliphatic heterocycles. The Hall–Kier alpha value is -2.25. The molecule has 0 unspecified atom stereocenters. The fourth-order valence-electron chi connectivity index (χ4n) is 3.68. The predicted octanol–water partition coefficient (Wildman–Crippen LogP) is 4.71. The van der Waals surface area contributed by atoms with Crippen LogP contribution >= 0.6 is 22.9 Å². The molecule has 31 heavy (non-hydrogen) atoms. The second kappa shape index (κ2) is 10.9. The molecule has 0 saturated carbocycles. The number of amides is 1. The first-order valence-electron chi connectivity index (χ1n) is 10.5. The third-order valence-electron chi connectivity index (χ3n) is 5.38. The molecule has 4 rings (SSSR count). The van der Waals surface area contributed by atoms with Crippen molar-refractivity contribution in [2.45, 2.75) is 13.0 Å². The zero-order chi connectivity index (χ0) is 21.5. The van der Waals surface area contributed by atoms with Crippen molar-refractivity contribution < 1.29 is 9.53 Å². The Kier molecular flexibility index (Phi) is 7.70. The van der Waals surface area contributed by atoms with Gasteiger partial charge in [-0.1, -0.05) is 29.8 Å². The summed E-state index contributed by atoms with van der Waals surface area (Å²) in [6, 6.07) is 11.9. The Balaban J connectivity index is 1.44. The molecule has 3 heterocycles. The standard InChI is InChI=1S/C24H26ClN3O2S/c25-24-20-4-1-2-5-21(20)31-22(24)6-7-23(29)28(18-19-8-10-26-11-9-19)13-3-12-27-14-16-30-17-15-27/h1-2,4-11H,3,12-18H2/b7-6+. The van der Waals surface area contributed by atoms with E-state index < -0.39 is 0 Å². The number of benzene rings is 1. The number of fused-ring (bicyclic) bond motifs is 1. The molecule has 0 N–H and O–H groups in total. The van der Waals surface area contributed by atoms with Crippen LogP contribution in [-0.4, -0.2) is 60.1 Å². The van der Waals surface area contributed by atoms with Crippen LogP contribution < -0.4 is 0 Å². The van der Waals surface area contributed by atoms with E-state index >= 15 is 0 Å². The number of morpholine rings is 1. The lowest BCUT2D eigenvalue weighted by molar-refractivity contribution is -0.126. The molecule has 0 spiro atoms. The molecular weight excluding hydrogens is 430 g/mol. The Morgan fingerprint density at radius 2 is 1.97 bits per heavy atom. The highest BCUT2D eigenvalue weighted by atomic mass is 35.5. The fraction of sp³-hybridized carbons (Fsp3) is 0.333. The maximum absolute atomic E-state index is 13.1. The minimum atomic E-state index is -0.00712. The second-order valence-corrected chi connectivity index (χ2v) is 8.99. The minimum Gasteiger partial charge on any atom is -0.379 e. The van der Waals surface area contributed by atoms with Crippen molar-refractivity contribution >= 4 is 45.0 Å². The first kappa shape index (κ1) is 22.0. The van der Waals surface area contributed by atoms with Crippen molar-refractivity contribution in [1.29, 1.82) is 0 Å². The van der Waals surface area contributed by atoms with Gasteiger partial charge in [0.1, 0.15) is 0 Å². The second-order valence-electron chi connectivity index (χ2n) is 7.53. The summed E-state index contributed by atoms with van der Waals surface area (Å²) in [6.45, 7) is 5.73. The number of thiophene rings is 1. The van der Waals surface area contributed by atoms with E-state index in [9.17, 15) is 4.79 Å². The van der Waals surface area contributed by atoms with E-state index in [2.05, 4.69) is 9.88 Å². The minimum absolute atomic E-state index is 0.00712. The molecule has 1 saturated heterocycles. The zero-order valence-corrected chi connectivity index (χ0v) is 18.9. The van der Waals surface area contributed by atoms with Gasteiger partial charge < -0.3 is 9.64 Å². The van der Waals surface area contributed by atoms with Gasteiger partial charge in [0.15, 0.2) is 0 Å². The Bertz CT molecular complexity index is 1030. The number of carbonyl (C=O) groups is 1. The largest absolute Gasteiger partial charge is 0.379 e. The van der Waals surface area contributed by atoms with Crippen LogP contribution in [-0.2, 0) is 16.1 Å². The summed E-state index contributed by atoms with van der Waals surface area (Å²) >= 11 is 8.13. The van der Waals surface area contributed by atoms with Crippen LogP contribution in [0.3, 0.4) is 0 Å². The Morgan fingerprint density at radius 1 is 1.19 bits per heavy atom. The van der Waals surface area contributed by atoms with E-state index in [1.165, 1.54) is 0 Å². The zero-order valence-electron chi connectivity index (χ0n) is 17.4. The van der Waals surface area contributed by atoms with Crippen molar-refractivity contribution in [3.05, 3.63) is 70.3 Å². The molecule has 1 amide bonds. The molecule has 1 aliphatic rings. The number of nitrogens with zero attached hydrogens (tertiary/aromatic N) is 3. The van der Waals surface area contributed by atoms with Crippen molar-refractivity contribution in [2.75, 3.05) is 39.4 Å². The van der Waals surface area contributed by atoms with Gasteiger partial charge in [-0.2, -0.15) is 0 Å². The van der Waals surface area contributed by atoms with Crippen molar-refractivity contribution in [3.8, 4) is 0 Å². The number of aromatic nitrogens is 1. The summed E-state index contributed by atoms with van der Waals surface area (Å²) in [7, 11) is 0. The summed E-state index contributed by atoms with van der Waals surface area (Å²) in [5, 5.41) is 1.73. The molecule has 1 fully saturated rings. The number of hydrogen-bond acceptors (Lipinski definition) is 5. The molecule has 162 valence electrons. The van der Waals surface area contributed by atoms with E-state index in [0.29, 0.717) is 18.1 Å². The predicted molar refractivity (Wildman–Crippen MR) is 127 cm³/mol. The molecule has 7 heteroatoms. The number of halogens is 1. The van der Waals surface area contributed by atoms with Gasteiger partial charge in [0, 0.05) is 66.2 Å². The van der Waals surface area contributed by atoms with Gasteiger partial charge in [-0.15, -0.1) is 11.3 Å². The maximum atomic E-state index is 13.1. The molecule has 0 radical (unpaired) electrons. The van der Waals surface area contributed by atoms with Crippen LogP contribution in [0.1, 0.15) is 16.9 Å². The van der Waals surface area contributed by atoms with Gasteiger partial charge in [0.05, 0.1) is 18.2 Å². The SMILES string of the molecule is O=C(/C=C/c1sc2ccccc2c1Cl)N(CCCN1CCOCC1)Cc1ccncc1. The number of ether oxygens (including phenoxy) is 1. The lowest BCUT2D eigenvalue weighted by Gasteiger charge is -2.28. The molecule has 0 aliphatic carbocycles. The van der Waals surface area contributed by atoms with Crippen molar-refractivity contribution in [1.82, 2.24) is 14.8 Å². The van der Waals surface area contributed by atoms with E-state index in [-0.39, 0.29) is 5.91 Å². The average Bonchev–Trinajstić information content (AvgIpc) is 3.14. The fourth-order valence-corrected chi connectivity index (χ4v) is 5.08. The lowest BCUT2D eigenvalue weighted by atomic mass is 10.2. The van der Waals surface area contributed by atoms with Gasteiger partial charge in [0.25, 0.3) is 0 Å². The summed E-state index contributed by atoms with van der Waals surface area (Å²) in [6.07, 6.45) is 7.94. The highest BCUT2D eigenvalue weighted by Crippen LogP contribution is 2.35. The lowest BCUT2D eigenvalue weighted by Crippen LogP contribution is -2.38. The van der Waals surface area contributed by atoms with Gasteiger partial charge in [-0.3, -0.25) is 14.7 Å². The van der Waals surface area contributed by atoms with Crippen molar-refractivity contribution in [3.63, 3.8) is 0 Å². The number of carbonyl (C=O) groups excluding carboxylic acids is 1. The van der Waals surface area contributed by atoms with Crippen molar-refractivity contribution in [2.24, 2.45) is 0 Å². The van der Waals surface area contributed by atoms with Crippen LogP contribution in [0.5, 0.6) is 0 Å². The van der Waals surface area contributed by atoms with Gasteiger partial charge in [-0.05, 0) is 36.3 Å².